The number of benzene rings is 1. The van der Waals surface area contributed by atoms with Gasteiger partial charge in [0, 0.05) is 18.4 Å². The Kier molecular flexibility index (Phi) is 4.35. The van der Waals surface area contributed by atoms with Crippen molar-refractivity contribution in [3.8, 4) is 0 Å². The molecule has 0 atom stereocenters. The number of amides is 1. The van der Waals surface area contributed by atoms with E-state index in [2.05, 4.69) is 5.32 Å². The fraction of sp³-hybridized carbons (Fsp3) is 0.462. The van der Waals surface area contributed by atoms with E-state index in [0.29, 0.717) is 11.1 Å². The van der Waals surface area contributed by atoms with Crippen molar-refractivity contribution >= 4 is 15.7 Å². The number of hydrogen-bond acceptors (Lipinski definition) is 3. The molecule has 19 heavy (non-hydrogen) atoms. The minimum absolute atomic E-state index is 0.00147. The molecule has 0 spiro atoms. The number of nitrogens with one attached hydrogen (secondary N) is 1. The lowest BCUT2D eigenvalue weighted by atomic mass is 10.1. The second-order valence-electron chi connectivity index (χ2n) is 5.17. The number of rotatable bonds is 4. The van der Waals surface area contributed by atoms with Crippen LogP contribution < -0.4 is 5.32 Å². The molecule has 0 radical (unpaired) electrons. The van der Waals surface area contributed by atoms with Gasteiger partial charge < -0.3 is 5.32 Å². The highest BCUT2D eigenvalue weighted by molar-refractivity contribution is 7.92. The molecule has 4 nitrogen and oxygen atoms in total. The summed E-state index contributed by atoms with van der Waals surface area (Å²) in [6, 6.07) is 3.84. The molecule has 0 unspecified atom stereocenters. The molecule has 0 aromatic heterocycles. The Balaban J connectivity index is 2.82. The van der Waals surface area contributed by atoms with Crippen molar-refractivity contribution in [2.45, 2.75) is 25.5 Å². The second-order valence-corrected chi connectivity index (χ2v) is 7.82. The summed E-state index contributed by atoms with van der Waals surface area (Å²) in [7, 11) is -3.27. The lowest BCUT2D eigenvalue weighted by Gasteiger charge is -2.22. The van der Waals surface area contributed by atoms with Crippen LogP contribution in [-0.2, 0) is 9.84 Å². The first-order valence-electron chi connectivity index (χ1n) is 5.78. The molecule has 1 rings (SSSR count). The van der Waals surface area contributed by atoms with Crippen molar-refractivity contribution in [2.24, 2.45) is 0 Å². The van der Waals surface area contributed by atoms with Crippen molar-refractivity contribution in [3.05, 3.63) is 35.1 Å². The summed E-state index contributed by atoms with van der Waals surface area (Å²) in [6.07, 6.45) is 1.13. The largest absolute Gasteiger partial charge is 0.350 e. The lowest BCUT2D eigenvalue weighted by molar-refractivity contribution is 0.0950. The predicted octanol–water partition coefficient (Wildman–Crippen LogP) is 1.69. The van der Waals surface area contributed by atoms with Crippen molar-refractivity contribution in [2.75, 3.05) is 12.8 Å². The van der Waals surface area contributed by atoms with Gasteiger partial charge in [0.1, 0.15) is 5.82 Å². The number of hydrogen-bond donors (Lipinski definition) is 1. The summed E-state index contributed by atoms with van der Waals surface area (Å²) in [4.78, 5) is 11.9. The number of carbonyl (C=O) groups is 1. The highest BCUT2D eigenvalue weighted by Gasteiger charge is 2.30. The molecule has 0 aliphatic rings. The molecule has 106 valence electrons. The van der Waals surface area contributed by atoms with Gasteiger partial charge in [-0.3, -0.25) is 4.79 Å². The van der Waals surface area contributed by atoms with E-state index in [4.69, 9.17) is 0 Å². The number of halogens is 1. The van der Waals surface area contributed by atoms with Crippen LogP contribution >= 0.6 is 0 Å². The molecule has 1 aromatic rings. The van der Waals surface area contributed by atoms with Gasteiger partial charge in [-0.1, -0.05) is 0 Å². The SMILES string of the molecule is Cc1cc(F)ccc1C(=O)NCC(C)(C)S(C)(=O)=O. The van der Waals surface area contributed by atoms with Gasteiger partial charge in [-0.05, 0) is 44.5 Å². The van der Waals surface area contributed by atoms with Gasteiger partial charge in [0.05, 0.1) is 4.75 Å². The number of aryl methyl sites for hydroxylation is 1. The summed E-state index contributed by atoms with van der Waals surface area (Å²) in [6.45, 7) is 4.71. The van der Waals surface area contributed by atoms with Crippen molar-refractivity contribution in [1.82, 2.24) is 5.32 Å². The van der Waals surface area contributed by atoms with Crippen LogP contribution in [0.25, 0.3) is 0 Å². The Morgan fingerprint density at radius 3 is 2.42 bits per heavy atom. The summed E-state index contributed by atoms with van der Waals surface area (Å²) in [5, 5.41) is 2.57. The van der Waals surface area contributed by atoms with Gasteiger partial charge in [-0.25, -0.2) is 12.8 Å². The zero-order valence-electron chi connectivity index (χ0n) is 11.5. The zero-order chi connectivity index (χ0) is 14.8. The predicted molar refractivity (Wildman–Crippen MR) is 72.4 cm³/mol. The Bertz CT molecular complexity index is 594. The van der Waals surface area contributed by atoms with Crippen LogP contribution in [-0.4, -0.2) is 31.9 Å². The molecule has 0 saturated carbocycles. The van der Waals surface area contributed by atoms with E-state index in [1.54, 1.807) is 20.8 Å². The zero-order valence-corrected chi connectivity index (χ0v) is 12.3. The smallest absolute Gasteiger partial charge is 0.251 e. The fourth-order valence-electron chi connectivity index (χ4n) is 1.40. The van der Waals surface area contributed by atoms with Crippen LogP contribution in [0.15, 0.2) is 18.2 Å². The normalized spacial score (nSPS) is 12.3. The Hall–Kier alpha value is -1.43. The summed E-state index contributed by atoms with van der Waals surface area (Å²) in [5.74, 6) is -0.820. The molecule has 1 aromatic carbocycles. The van der Waals surface area contributed by atoms with Crippen LogP contribution in [0.3, 0.4) is 0 Å². The van der Waals surface area contributed by atoms with Gasteiger partial charge in [-0.15, -0.1) is 0 Å². The Morgan fingerprint density at radius 2 is 1.95 bits per heavy atom. The lowest BCUT2D eigenvalue weighted by Crippen LogP contribution is -2.43. The molecule has 0 aliphatic heterocycles. The number of carbonyl (C=O) groups excluding carboxylic acids is 1. The minimum atomic E-state index is -3.27. The molecule has 0 bridgehead atoms. The van der Waals surface area contributed by atoms with Gasteiger partial charge in [0.2, 0.25) is 0 Å². The fourth-order valence-corrected chi connectivity index (χ4v) is 1.74. The molecule has 1 amide bonds. The first-order valence-corrected chi connectivity index (χ1v) is 7.68. The number of sulfone groups is 1. The monoisotopic (exact) mass is 287 g/mol. The summed E-state index contributed by atoms with van der Waals surface area (Å²) in [5.41, 5.74) is 0.848. The van der Waals surface area contributed by atoms with Crippen LogP contribution in [0.4, 0.5) is 4.39 Å². The third-order valence-corrected chi connectivity index (χ3v) is 5.26. The average Bonchev–Trinajstić information content (AvgIpc) is 2.24. The van der Waals surface area contributed by atoms with E-state index < -0.39 is 26.3 Å². The first kappa shape index (κ1) is 15.6. The van der Waals surface area contributed by atoms with E-state index in [9.17, 15) is 17.6 Å². The summed E-state index contributed by atoms with van der Waals surface area (Å²) < 4.78 is 34.9. The molecule has 0 fully saturated rings. The highest BCUT2D eigenvalue weighted by Crippen LogP contribution is 2.15. The quantitative estimate of drug-likeness (QED) is 0.916. The molecule has 6 heteroatoms. The summed E-state index contributed by atoms with van der Waals surface area (Å²) >= 11 is 0. The Labute approximate surface area is 112 Å². The van der Waals surface area contributed by atoms with Crippen LogP contribution in [0, 0.1) is 12.7 Å². The maximum atomic E-state index is 12.9. The van der Waals surface area contributed by atoms with Crippen molar-refractivity contribution < 1.29 is 17.6 Å². The van der Waals surface area contributed by atoms with E-state index in [1.807, 2.05) is 0 Å². The third kappa shape index (κ3) is 3.76. The average molecular weight is 287 g/mol. The van der Waals surface area contributed by atoms with Crippen LogP contribution in [0.1, 0.15) is 29.8 Å². The van der Waals surface area contributed by atoms with Crippen molar-refractivity contribution in [1.29, 1.82) is 0 Å². The van der Waals surface area contributed by atoms with Crippen LogP contribution in [0.5, 0.6) is 0 Å². The van der Waals surface area contributed by atoms with E-state index >= 15 is 0 Å². The molecule has 0 saturated heterocycles. The van der Waals surface area contributed by atoms with Crippen LogP contribution in [0.2, 0.25) is 0 Å². The van der Waals surface area contributed by atoms with Gasteiger partial charge in [-0.2, -0.15) is 0 Å². The first-order chi connectivity index (χ1) is 8.54. The topological polar surface area (TPSA) is 63.2 Å². The van der Waals surface area contributed by atoms with Gasteiger partial charge >= 0.3 is 0 Å². The van der Waals surface area contributed by atoms with E-state index in [0.717, 1.165) is 6.26 Å². The highest BCUT2D eigenvalue weighted by atomic mass is 32.2. The molecular formula is C13H18FNO3S. The maximum Gasteiger partial charge on any atom is 0.251 e. The molecule has 0 aliphatic carbocycles. The molecule has 1 N–H and O–H groups in total. The second kappa shape index (κ2) is 5.28. The van der Waals surface area contributed by atoms with Gasteiger partial charge in [0.15, 0.2) is 9.84 Å². The molecule has 0 heterocycles. The minimum Gasteiger partial charge on any atom is -0.350 e. The molecular weight excluding hydrogens is 269 g/mol. The van der Waals surface area contributed by atoms with Crippen molar-refractivity contribution in [3.63, 3.8) is 0 Å². The van der Waals surface area contributed by atoms with Gasteiger partial charge in [0.25, 0.3) is 5.91 Å². The maximum absolute atomic E-state index is 12.9. The van der Waals surface area contributed by atoms with E-state index in [1.165, 1.54) is 18.2 Å². The van der Waals surface area contributed by atoms with E-state index in [-0.39, 0.29) is 6.54 Å². The third-order valence-electron chi connectivity index (χ3n) is 3.11. The Morgan fingerprint density at radius 1 is 1.37 bits per heavy atom. The standard InChI is InChI=1S/C13H18FNO3S/c1-9-7-10(14)5-6-11(9)12(16)15-8-13(2,3)19(4,17)18/h5-7H,8H2,1-4H3,(H,15,16).